The molecule has 0 atom stereocenters. The minimum absolute atomic E-state index is 0.101. The average molecular weight is 310 g/mol. The van der Waals surface area contributed by atoms with Gasteiger partial charge in [0.2, 0.25) is 10.0 Å². The van der Waals surface area contributed by atoms with Crippen LogP contribution in [0, 0.1) is 0 Å². The first-order valence-electron chi connectivity index (χ1n) is 5.93. The summed E-state index contributed by atoms with van der Waals surface area (Å²) in [5.74, 6) is -0.353. The van der Waals surface area contributed by atoms with Gasteiger partial charge in [0.05, 0.1) is 7.11 Å². The summed E-state index contributed by atoms with van der Waals surface area (Å²) in [6, 6.07) is 8.02. The van der Waals surface area contributed by atoms with Crippen LogP contribution in [0.25, 0.3) is 0 Å². The fourth-order valence-corrected chi connectivity index (χ4v) is 2.55. The Morgan fingerprint density at radius 1 is 1.33 bits per heavy atom. The number of primary amides is 1. The van der Waals surface area contributed by atoms with Gasteiger partial charge in [-0.2, -0.15) is 0 Å². The van der Waals surface area contributed by atoms with E-state index in [9.17, 15) is 13.2 Å². The number of carbonyl (C=O) groups excluding carboxylic acids is 1. The first-order chi connectivity index (χ1) is 9.92. The lowest BCUT2D eigenvalue weighted by molar-refractivity contribution is 0.0974. The molecule has 0 fully saturated rings. The Kier molecular flexibility index (Phi) is 4.29. The Balaban J connectivity index is 2.07. The monoisotopic (exact) mass is 310 g/mol. The molecule has 0 bridgehead atoms. The molecule has 1 amide bonds. The highest BCUT2D eigenvalue weighted by Gasteiger charge is 2.18. The van der Waals surface area contributed by atoms with Gasteiger partial charge in [0, 0.05) is 12.6 Å². The van der Waals surface area contributed by atoms with Gasteiger partial charge in [-0.25, -0.2) is 13.1 Å². The molecule has 0 saturated heterocycles. The van der Waals surface area contributed by atoms with E-state index in [1.54, 1.807) is 31.4 Å². The Labute approximate surface area is 121 Å². The molecule has 0 aliphatic rings. The summed E-state index contributed by atoms with van der Waals surface area (Å²) in [5.41, 5.74) is 5.76. The van der Waals surface area contributed by atoms with Crippen molar-refractivity contribution in [2.24, 2.45) is 5.73 Å². The van der Waals surface area contributed by atoms with Crippen LogP contribution in [-0.4, -0.2) is 21.4 Å². The number of carbonyl (C=O) groups is 1. The molecule has 0 aliphatic carbocycles. The smallest absolute Gasteiger partial charge is 0.284 e. The highest BCUT2D eigenvalue weighted by atomic mass is 32.2. The first kappa shape index (κ1) is 15.1. The lowest BCUT2D eigenvalue weighted by Crippen LogP contribution is -2.22. The molecule has 0 aliphatic heterocycles. The molecule has 0 spiro atoms. The van der Waals surface area contributed by atoms with E-state index in [0.717, 1.165) is 17.9 Å². The van der Waals surface area contributed by atoms with E-state index < -0.39 is 15.9 Å². The second-order valence-corrected chi connectivity index (χ2v) is 5.95. The molecule has 3 N–H and O–H groups in total. The first-order valence-corrected chi connectivity index (χ1v) is 7.41. The van der Waals surface area contributed by atoms with Crippen molar-refractivity contribution in [1.82, 2.24) is 4.72 Å². The molecule has 0 saturated carbocycles. The molecule has 1 aromatic carbocycles. The number of nitrogens with one attached hydrogen (secondary N) is 1. The summed E-state index contributed by atoms with van der Waals surface area (Å²) in [6.07, 6.45) is 0.969. The molecular weight excluding hydrogens is 296 g/mol. The minimum Gasteiger partial charge on any atom is -0.497 e. The van der Waals surface area contributed by atoms with Crippen LogP contribution in [0.4, 0.5) is 0 Å². The van der Waals surface area contributed by atoms with Crippen molar-refractivity contribution in [3.63, 3.8) is 0 Å². The van der Waals surface area contributed by atoms with Crippen molar-refractivity contribution in [1.29, 1.82) is 0 Å². The SMILES string of the molecule is COc1ccc(CNS(=O)(=O)c2coc(C(N)=O)c2)cc1. The van der Waals surface area contributed by atoms with E-state index >= 15 is 0 Å². The van der Waals surface area contributed by atoms with Crippen LogP contribution in [0.2, 0.25) is 0 Å². The summed E-state index contributed by atoms with van der Waals surface area (Å²) in [7, 11) is -2.22. The normalized spacial score (nSPS) is 11.3. The summed E-state index contributed by atoms with van der Waals surface area (Å²) in [5, 5.41) is 0. The number of hydrogen-bond acceptors (Lipinski definition) is 5. The third-order valence-electron chi connectivity index (χ3n) is 2.75. The van der Waals surface area contributed by atoms with Crippen LogP contribution < -0.4 is 15.2 Å². The average Bonchev–Trinajstić information content (AvgIpc) is 2.97. The van der Waals surface area contributed by atoms with E-state index in [0.29, 0.717) is 5.75 Å². The largest absolute Gasteiger partial charge is 0.497 e. The number of methoxy groups -OCH3 is 1. The van der Waals surface area contributed by atoms with Gasteiger partial charge in [-0.15, -0.1) is 0 Å². The Morgan fingerprint density at radius 2 is 2.00 bits per heavy atom. The number of amides is 1. The zero-order valence-electron chi connectivity index (χ0n) is 11.2. The Hall–Kier alpha value is -2.32. The standard InChI is InChI=1S/C13H14N2O5S/c1-19-10-4-2-9(3-5-10)7-15-21(17,18)11-6-12(13(14)16)20-8-11/h2-6,8,15H,7H2,1H3,(H2,14,16). The second kappa shape index (κ2) is 5.98. The van der Waals surface area contributed by atoms with Crippen molar-refractivity contribution in [3.05, 3.63) is 47.9 Å². The summed E-state index contributed by atoms with van der Waals surface area (Å²) in [6.45, 7) is 0.101. The van der Waals surface area contributed by atoms with Gasteiger partial charge >= 0.3 is 0 Å². The number of sulfonamides is 1. The molecular formula is C13H14N2O5S. The molecule has 1 aromatic heterocycles. The van der Waals surface area contributed by atoms with Crippen LogP contribution >= 0.6 is 0 Å². The van der Waals surface area contributed by atoms with Crippen LogP contribution in [0.3, 0.4) is 0 Å². The summed E-state index contributed by atoms with van der Waals surface area (Å²) in [4.78, 5) is 10.7. The lowest BCUT2D eigenvalue weighted by Gasteiger charge is -2.05. The molecule has 21 heavy (non-hydrogen) atoms. The Morgan fingerprint density at radius 3 is 2.52 bits per heavy atom. The molecule has 2 aromatic rings. The number of furan rings is 1. The fourth-order valence-electron chi connectivity index (χ4n) is 1.59. The van der Waals surface area contributed by atoms with Crippen molar-refractivity contribution in [2.75, 3.05) is 7.11 Å². The topological polar surface area (TPSA) is 112 Å². The van der Waals surface area contributed by atoms with Gasteiger partial charge in [-0.05, 0) is 17.7 Å². The molecule has 112 valence electrons. The zero-order chi connectivity index (χ0) is 15.5. The predicted octanol–water partition coefficient (Wildman–Crippen LogP) is 0.866. The summed E-state index contributed by atoms with van der Waals surface area (Å²) >= 11 is 0. The fraction of sp³-hybridized carbons (Fsp3) is 0.154. The van der Waals surface area contributed by atoms with E-state index in [2.05, 4.69) is 4.72 Å². The molecule has 2 rings (SSSR count). The second-order valence-electron chi connectivity index (χ2n) is 4.18. The van der Waals surface area contributed by atoms with Crippen molar-refractivity contribution < 1.29 is 22.4 Å². The van der Waals surface area contributed by atoms with E-state index in [4.69, 9.17) is 14.9 Å². The number of nitrogens with two attached hydrogens (primary N) is 1. The minimum atomic E-state index is -3.77. The molecule has 7 nitrogen and oxygen atoms in total. The van der Waals surface area contributed by atoms with Gasteiger partial charge in [-0.3, -0.25) is 4.79 Å². The van der Waals surface area contributed by atoms with E-state index in [-0.39, 0.29) is 17.2 Å². The number of hydrogen-bond donors (Lipinski definition) is 2. The van der Waals surface area contributed by atoms with E-state index in [1.807, 2.05) is 0 Å². The third-order valence-corrected chi connectivity index (χ3v) is 4.11. The number of benzene rings is 1. The zero-order valence-corrected chi connectivity index (χ0v) is 12.0. The summed E-state index contributed by atoms with van der Waals surface area (Å²) < 4.78 is 36.2. The van der Waals surface area contributed by atoms with Gasteiger partial charge < -0.3 is 14.9 Å². The molecule has 1 heterocycles. The lowest BCUT2D eigenvalue weighted by atomic mass is 10.2. The van der Waals surface area contributed by atoms with Gasteiger partial charge in [-0.1, -0.05) is 12.1 Å². The van der Waals surface area contributed by atoms with Crippen molar-refractivity contribution in [2.45, 2.75) is 11.4 Å². The highest BCUT2D eigenvalue weighted by Crippen LogP contribution is 2.15. The van der Waals surface area contributed by atoms with Gasteiger partial charge in [0.25, 0.3) is 5.91 Å². The van der Waals surface area contributed by atoms with Crippen LogP contribution in [0.1, 0.15) is 16.1 Å². The van der Waals surface area contributed by atoms with Crippen LogP contribution in [0.15, 0.2) is 45.9 Å². The molecule has 0 radical (unpaired) electrons. The number of rotatable bonds is 6. The van der Waals surface area contributed by atoms with E-state index in [1.165, 1.54) is 0 Å². The van der Waals surface area contributed by atoms with Crippen molar-refractivity contribution >= 4 is 15.9 Å². The van der Waals surface area contributed by atoms with Crippen LogP contribution in [0.5, 0.6) is 5.75 Å². The van der Waals surface area contributed by atoms with Gasteiger partial charge in [0.1, 0.15) is 16.9 Å². The molecule has 8 heteroatoms. The number of ether oxygens (including phenoxy) is 1. The maximum absolute atomic E-state index is 12.0. The highest BCUT2D eigenvalue weighted by molar-refractivity contribution is 7.89. The van der Waals surface area contributed by atoms with Crippen molar-refractivity contribution in [3.8, 4) is 5.75 Å². The van der Waals surface area contributed by atoms with Gasteiger partial charge in [0.15, 0.2) is 5.76 Å². The predicted molar refractivity (Wildman–Crippen MR) is 74.2 cm³/mol. The maximum atomic E-state index is 12.0. The Bertz CT molecular complexity index is 734. The quantitative estimate of drug-likeness (QED) is 0.822. The molecule has 0 unspecified atom stereocenters. The third kappa shape index (κ3) is 3.61. The maximum Gasteiger partial charge on any atom is 0.284 e. The van der Waals surface area contributed by atoms with Crippen LogP contribution in [-0.2, 0) is 16.6 Å².